The summed E-state index contributed by atoms with van der Waals surface area (Å²) in [5.41, 5.74) is -0.0739. The van der Waals surface area contributed by atoms with Crippen LogP contribution in [-0.4, -0.2) is 37.5 Å². The van der Waals surface area contributed by atoms with Crippen molar-refractivity contribution in [2.24, 2.45) is 0 Å². The molecule has 0 heterocycles. The monoisotopic (exact) mass is 396 g/mol. The van der Waals surface area contributed by atoms with Crippen LogP contribution in [0.3, 0.4) is 0 Å². The molecule has 1 aromatic rings. The van der Waals surface area contributed by atoms with Crippen molar-refractivity contribution in [2.75, 3.05) is 19.8 Å². The summed E-state index contributed by atoms with van der Waals surface area (Å²) in [6, 6.07) is 3.55. The van der Waals surface area contributed by atoms with E-state index in [1.165, 1.54) is 24.3 Å². The summed E-state index contributed by atoms with van der Waals surface area (Å²) < 4.78 is 29.3. The Hall–Kier alpha value is -2.77. The third kappa shape index (κ3) is 9.25. The molecule has 0 bridgehead atoms. The maximum absolute atomic E-state index is 13.6. The number of alkyl carbamates (subject to hydrolysis) is 2. The van der Waals surface area contributed by atoms with Crippen LogP contribution >= 0.6 is 0 Å². The minimum absolute atomic E-state index is 0.0791. The first-order chi connectivity index (χ1) is 13.1. The summed E-state index contributed by atoms with van der Waals surface area (Å²) in [7, 11) is 0. The second-order valence-corrected chi connectivity index (χ2v) is 7.07. The molecular formula is C20H29FN2O5. The number of ether oxygens (including phenoxy) is 3. The van der Waals surface area contributed by atoms with Crippen molar-refractivity contribution in [3.05, 3.63) is 42.2 Å². The van der Waals surface area contributed by atoms with Crippen LogP contribution in [0.25, 0.3) is 0 Å². The van der Waals surface area contributed by atoms with Gasteiger partial charge in [-0.25, -0.2) is 14.0 Å². The zero-order chi connectivity index (χ0) is 21.2. The van der Waals surface area contributed by atoms with E-state index in [1.54, 1.807) is 27.7 Å². The standard InChI is InChI=1S/C20H29FN2O5/c1-6-11-27-19(25)23-14(2)16-13-15(21)8-9-17(16)26-12-7-10-22-18(24)28-20(3,4)5/h6,8-9,13-14H,1,7,10-12H2,2-5H3,(H,22,24)(H,23,25)/t14-/m1/s1. The number of amides is 2. The van der Waals surface area contributed by atoms with Crippen molar-refractivity contribution in [3.8, 4) is 5.75 Å². The van der Waals surface area contributed by atoms with Gasteiger partial charge in [0.25, 0.3) is 0 Å². The van der Waals surface area contributed by atoms with Crippen LogP contribution in [0.15, 0.2) is 30.9 Å². The van der Waals surface area contributed by atoms with Crippen molar-refractivity contribution >= 4 is 12.2 Å². The number of halogens is 1. The molecule has 0 aliphatic carbocycles. The molecule has 0 aromatic heterocycles. The van der Waals surface area contributed by atoms with E-state index >= 15 is 0 Å². The van der Waals surface area contributed by atoms with E-state index in [4.69, 9.17) is 14.2 Å². The van der Waals surface area contributed by atoms with Gasteiger partial charge in [0.1, 0.15) is 23.8 Å². The van der Waals surface area contributed by atoms with Gasteiger partial charge < -0.3 is 24.8 Å². The van der Waals surface area contributed by atoms with E-state index in [1.807, 2.05) is 0 Å². The molecule has 8 heteroatoms. The first-order valence-corrected chi connectivity index (χ1v) is 9.05. The Kier molecular flexibility index (Phi) is 9.27. The molecule has 0 spiro atoms. The number of benzene rings is 1. The molecule has 0 radical (unpaired) electrons. The van der Waals surface area contributed by atoms with Crippen molar-refractivity contribution in [2.45, 2.75) is 45.8 Å². The maximum Gasteiger partial charge on any atom is 0.407 e. The van der Waals surface area contributed by atoms with E-state index in [9.17, 15) is 14.0 Å². The number of rotatable bonds is 9. The Balaban J connectivity index is 2.54. The molecule has 0 fully saturated rings. The summed E-state index contributed by atoms with van der Waals surface area (Å²) in [5.74, 6) is -0.00256. The number of hydrogen-bond donors (Lipinski definition) is 2. The number of hydrogen-bond acceptors (Lipinski definition) is 5. The topological polar surface area (TPSA) is 85.9 Å². The van der Waals surface area contributed by atoms with Crippen LogP contribution in [0.5, 0.6) is 5.75 Å². The van der Waals surface area contributed by atoms with Gasteiger partial charge >= 0.3 is 12.2 Å². The third-order valence-corrected chi connectivity index (χ3v) is 3.35. The molecule has 2 N–H and O–H groups in total. The molecule has 7 nitrogen and oxygen atoms in total. The smallest absolute Gasteiger partial charge is 0.407 e. The van der Waals surface area contributed by atoms with E-state index in [0.717, 1.165) is 0 Å². The van der Waals surface area contributed by atoms with Gasteiger partial charge in [-0.15, -0.1) is 0 Å². The molecule has 0 aliphatic rings. The quantitative estimate of drug-likeness (QED) is 0.485. The highest BCUT2D eigenvalue weighted by atomic mass is 19.1. The lowest BCUT2D eigenvalue weighted by molar-refractivity contribution is 0.0525. The number of carbonyl (C=O) groups is 2. The predicted octanol–water partition coefficient (Wildman–Crippen LogP) is 4.09. The second kappa shape index (κ2) is 11.2. The average Bonchev–Trinajstić information content (AvgIpc) is 2.59. The summed E-state index contributed by atoms with van der Waals surface area (Å²) in [4.78, 5) is 23.3. The van der Waals surface area contributed by atoms with Crippen molar-refractivity contribution in [3.63, 3.8) is 0 Å². The van der Waals surface area contributed by atoms with Crippen molar-refractivity contribution < 1.29 is 28.2 Å². The highest BCUT2D eigenvalue weighted by Crippen LogP contribution is 2.26. The highest BCUT2D eigenvalue weighted by molar-refractivity contribution is 5.68. The molecule has 28 heavy (non-hydrogen) atoms. The normalized spacial score (nSPS) is 11.9. The van der Waals surface area contributed by atoms with Gasteiger partial charge in [-0.1, -0.05) is 12.7 Å². The van der Waals surface area contributed by atoms with Gasteiger partial charge in [0.15, 0.2) is 0 Å². The van der Waals surface area contributed by atoms with Crippen molar-refractivity contribution in [1.82, 2.24) is 10.6 Å². The van der Waals surface area contributed by atoms with Crippen LogP contribution < -0.4 is 15.4 Å². The summed E-state index contributed by atoms with van der Waals surface area (Å²) >= 11 is 0. The van der Waals surface area contributed by atoms with Gasteiger partial charge in [-0.05, 0) is 52.3 Å². The highest BCUT2D eigenvalue weighted by Gasteiger charge is 2.17. The molecule has 1 atom stereocenters. The molecule has 0 unspecified atom stereocenters. The SMILES string of the molecule is C=CCOC(=O)N[C@H](C)c1cc(F)ccc1OCCCNC(=O)OC(C)(C)C. The largest absolute Gasteiger partial charge is 0.493 e. The minimum Gasteiger partial charge on any atom is -0.493 e. The first-order valence-electron chi connectivity index (χ1n) is 9.05. The zero-order valence-electron chi connectivity index (χ0n) is 16.8. The molecule has 0 saturated carbocycles. The molecule has 0 aliphatic heterocycles. The Labute approximate surface area is 165 Å². The Bertz CT molecular complexity index is 673. The molecule has 1 rings (SSSR count). The fraction of sp³-hybridized carbons (Fsp3) is 0.500. The zero-order valence-corrected chi connectivity index (χ0v) is 16.8. The van der Waals surface area contributed by atoms with Gasteiger partial charge in [0, 0.05) is 12.1 Å². The predicted molar refractivity (Wildman–Crippen MR) is 104 cm³/mol. The van der Waals surface area contributed by atoms with Crippen LogP contribution in [0, 0.1) is 5.82 Å². The Morgan fingerprint density at radius 1 is 1.29 bits per heavy atom. The fourth-order valence-electron chi connectivity index (χ4n) is 2.18. The lowest BCUT2D eigenvalue weighted by atomic mass is 10.1. The summed E-state index contributed by atoms with van der Waals surface area (Å²) in [5, 5.41) is 5.24. The van der Waals surface area contributed by atoms with Gasteiger partial charge in [0.2, 0.25) is 0 Å². The van der Waals surface area contributed by atoms with Gasteiger partial charge in [-0.2, -0.15) is 0 Å². The van der Waals surface area contributed by atoms with Crippen LogP contribution in [0.2, 0.25) is 0 Å². The third-order valence-electron chi connectivity index (χ3n) is 3.35. The summed E-state index contributed by atoms with van der Waals surface area (Å²) in [6.45, 7) is 11.3. The lowest BCUT2D eigenvalue weighted by Gasteiger charge is -2.20. The maximum atomic E-state index is 13.6. The lowest BCUT2D eigenvalue weighted by Crippen LogP contribution is -2.33. The minimum atomic E-state index is -0.635. The number of nitrogens with one attached hydrogen (secondary N) is 2. The fourth-order valence-corrected chi connectivity index (χ4v) is 2.18. The Morgan fingerprint density at radius 3 is 2.64 bits per heavy atom. The molecule has 156 valence electrons. The van der Waals surface area contributed by atoms with E-state index < -0.39 is 29.6 Å². The van der Waals surface area contributed by atoms with Gasteiger partial charge in [0.05, 0.1) is 12.6 Å². The van der Waals surface area contributed by atoms with Crippen molar-refractivity contribution in [1.29, 1.82) is 0 Å². The van der Waals surface area contributed by atoms with Crippen LogP contribution in [-0.2, 0) is 9.47 Å². The van der Waals surface area contributed by atoms with Crippen LogP contribution in [0.4, 0.5) is 14.0 Å². The molecular weight excluding hydrogens is 367 g/mol. The second-order valence-electron chi connectivity index (χ2n) is 7.07. The molecule has 2 amide bonds. The summed E-state index contributed by atoms with van der Waals surface area (Å²) in [6.07, 6.45) is 0.848. The number of carbonyl (C=O) groups excluding carboxylic acids is 2. The van der Waals surface area contributed by atoms with E-state index in [-0.39, 0.29) is 6.61 Å². The van der Waals surface area contributed by atoms with Gasteiger partial charge in [-0.3, -0.25) is 0 Å². The average molecular weight is 396 g/mol. The Morgan fingerprint density at radius 2 is 2.00 bits per heavy atom. The van der Waals surface area contributed by atoms with Crippen LogP contribution in [0.1, 0.15) is 45.7 Å². The molecule has 1 aromatic carbocycles. The first kappa shape index (κ1) is 23.3. The van der Waals surface area contributed by atoms with E-state index in [0.29, 0.717) is 30.9 Å². The molecule has 0 saturated heterocycles. The van der Waals surface area contributed by atoms with E-state index in [2.05, 4.69) is 17.2 Å².